The van der Waals surface area contributed by atoms with Crippen molar-refractivity contribution in [3.63, 3.8) is 0 Å². The largest absolute Gasteiger partial charge is 0.481 e. The van der Waals surface area contributed by atoms with Gasteiger partial charge in [0, 0.05) is 25.4 Å². The van der Waals surface area contributed by atoms with Gasteiger partial charge in [-0.2, -0.15) is 0 Å². The van der Waals surface area contributed by atoms with Crippen molar-refractivity contribution in [1.29, 1.82) is 0 Å². The zero-order valence-corrected chi connectivity index (χ0v) is 12.2. The Bertz CT molecular complexity index is 482. The molecule has 21 heavy (non-hydrogen) atoms. The number of aliphatic carboxylic acids is 1. The molecule has 0 radical (unpaired) electrons. The fraction of sp³-hybridized carbons (Fsp3) is 0.562. The van der Waals surface area contributed by atoms with Crippen molar-refractivity contribution >= 4 is 11.9 Å². The molecule has 2 rings (SSSR count). The molecule has 1 aromatic rings. The van der Waals surface area contributed by atoms with Crippen molar-refractivity contribution in [3.8, 4) is 0 Å². The summed E-state index contributed by atoms with van der Waals surface area (Å²) in [5.74, 6) is -0.876. The molecule has 2 N–H and O–H groups in total. The van der Waals surface area contributed by atoms with E-state index in [2.05, 4.69) is 10.3 Å². The highest BCUT2D eigenvalue weighted by molar-refractivity contribution is 5.78. The minimum atomic E-state index is -0.808. The molecule has 1 aromatic heterocycles. The summed E-state index contributed by atoms with van der Waals surface area (Å²) in [6, 6.07) is 3.73. The van der Waals surface area contributed by atoms with Crippen LogP contribution in [0.4, 0.5) is 0 Å². The van der Waals surface area contributed by atoms with E-state index in [9.17, 15) is 9.59 Å². The van der Waals surface area contributed by atoms with E-state index in [1.54, 1.807) is 12.4 Å². The number of carbonyl (C=O) groups is 2. The van der Waals surface area contributed by atoms with Crippen LogP contribution in [-0.2, 0) is 16.1 Å². The van der Waals surface area contributed by atoms with Crippen LogP contribution in [0, 0.1) is 5.41 Å². The summed E-state index contributed by atoms with van der Waals surface area (Å²) in [5, 5.41) is 12.0. The van der Waals surface area contributed by atoms with E-state index >= 15 is 0 Å². The van der Waals surface area contributed by atoms with E-state index in [4.69, 9.17) is 5.11 Å². The number of carbonyl (C=O) groups excluding carboxylic acids is 1. The molecule has 5 nitrogen and oxygen atoms in total. The van der Waals surface area contributed by atoms with Crippen molar-refractivity contribution in [1.82, 2.24) is 10.3 Å². The van der Waals surface area contributed by atoms with E-state index in [0.29, 0.717) is 13.0 Å². The number of carboxylic acids is 1. The normalized spacial score (nSPS) is 17.1. The Kier molecular flexibility index (Phi) is 5.31. The number of hydrogen-bond acceptors (Lipinski definition) is 3. The van der Waals surface area contributed by atoms with Gasteiger partial charge in [0.05, 0.1) is 6.42 Å². The third kappa shape index (κ3) is 4.85. The number of nitrogens with one attached hydrogen (secondary N) is 1. The number of aromatic nitrogens is 1. The second kappa shape index (κ2) is 7.20. The van der Waals surface area contributed by atoms with Gasteiger partial charge in [0.1, 0.15) is 0 Å². The van der Waals surface area contributed by atoms with Crippen LogP contribution in [0.15, 0.2) is 24.5 Å². The van der Waals surface area contributed by atoms with Gasteiger partial charge in [0.15, 0.2) is 0 Å². The van der Waals surface area contributed by atoms with Crippen LogP contribution >= 0.6 is 0 Å². The molecule has 5 heteroatoms. The maximum Gasteiger partial charge on any atom is 0.303 e. The first-order chi connectivity index (χ1) is 10.1. The number of amides is 1. The molecule has 0 unspecified atom stereocenters. The van der Waals surface area contributed by atoms with Crippen molar-refractivity contribution in [2.24, 2.45) is 5.41 Å². The van der Waals surface area contributed by atoms with Gasteiger partial charge in [0.25, 0.3) is 0 Å². The number of carboxylic acid groups (broad SMARTS) is 1. The summed E-state index contributed by atoms with van der Waals surface area (Å²) in [5.41, 5.74) is 0.588. The molecule has 1 heterocycles. The van der Waals surface area contributed by atoms with Crippen LogP contribution in [0.25, 0.3) is 0 Å². The van der Waals surface area contributed by atoms with Crippen LogP contribution in [-0.4, -0.2) is 22.0 Å². The topological polar surface area (TPSA) is 79.3 Å². The summed E-state index contributed by atoms with van der Waals surface area (Å²) in [4.78, 5) is 27.2. The van der Waals surface area contributed by atoms with E-state index < -0.39 is 5.97 Å². The zero-order valence-electron chi connectivity index (χ0n) is 12.2. The van der Waals surface area contributed by atoms with Gasteiger partial charge >= 0.3 is 5.97 Å². The molecule has 1 amide bonds. The molecule has 0 aliphatic heterocycles. The average molecular weight is 290 g/mol. The minimum absolute atomic E-state index is 0.0676. The monoisotopic (exact) mass is 290 g/mol. The molecule has 0 aromatic carbocycles. The molecular formula is C16H22N2O3. The standard InChI is InChI=1S/C16H22N2O3/c19-14(18-12-13-5-4-8-17-11-13)9-16(10-15(20)21)6-2-1-3-7-16/h4-5,8,11H,1-3,6-7,9-10,12H2,(H,18,19)(H,20,21). The van der Waals surface area contributed by atoms with Crippen LogP contribution in [0.2, 0.25) is 0 Å². The molecule has 0 saturated heterocycles. The van der Waals surface area contributed by atoms with Gasteiger partial charge in [-0.05, 0) is 29.9 Å². The van der Waals surface area contributed by atoms with Crippen LogP contribution < -0.4 is 5.32 Å². The fourth-order valence-electron chi connectivity index (χ4n) is 3.15. The smallest absolute Gasteiger partial charge is 0.303 e. The van der Waals surface area contributed by atoms with Crippen molar-refractivity contribution < 1.29 is 14.7 Å². The molecule has 0 bridgehead atoms. The highest BCUT2D eigenvalue weighted by Gasteiger charge is 2.36. The molecule has 114 valence electrons. The molecule has 0 atom stereocenters. The Morgan fingerprint density at radius 3 is 2.62 bits per heavy atom. The highest BCUT2D eigenvalue weighted by atomic mass is 16.4. The first-order valence-electron chi connectivity index (χ1n) is 7.47. The molecule has 0 spiro atoms. The first-order valence-corrected chi connectivity index (χ1v) is 7.47. The molecular weight excluding hydrogens is 268 g/mol. The maximum atomic E-state index is 12.1. The predicted molar refractivity (Wildman–Crippen MR) is 78.5 cm³/mol. The van der Waals surface area contributed by atoms with Crippen LogP contribution in [0.3, 0.4) is 0 Å². The lowest BCUT2D eigenvalue weighted by Crippen LogP contribution is -2.35. The van der Waals surface area contributed by atoms with Crippen molar-refractivity contribution in [3.05, 3.63) is 30.1 Å². The predicted octanol–water partition coefficient (Wildman–Crippen LogP) is 2.51. The van der Waals surface area contributed by atoms with Crippen LogP contribution in [0.5, 0.6) is 0 Å². The molecule has 1 aliphatic carbocycles. The zero-order chi connectivity index (χ0) is 15.1. The Morgan fingerprint density at radius 2 is 2.00 bits per heavy atom. The molecule has 1 fully saturated rings. The van der Waals surface area contributed by atoms with Crippen LogP contribution in [0.1, 0.15) is 50.5 Å². The Labute approximate surface area is 124 Å². The summed E-state index contributed by atoms with van der Waals surface area (Å²) in [6.45, 7) is 0.440. The number of hydrogen-bond donors (Lipinski definition) is 2. The van der Waals surface area contributed by atoms with Gasteiger partial charge in [-0.1, -0.05) is 25.3 Å². The average Bonchev–Trinajstić information content (AvgIpc) is 2.46. The lowest BCUT2D eigenvalue weighted by atomic mass is 9.69. The minimum Gasteiger partial charge on any atom is -0.481 e. The highest BCUT2D eigenvalue weighted by Crippen LogP contribution is 2.42. The fourth-order valence-corrected chi connectivity index (χ4v) is 3.15. The van der Waals surface area contributed by atoms with E-state index in [0.717, 1.165) is 37.7 Å². The van der Waals surface area contributed by atoms with Gasteiger partial charge in [-0.3, -0.25) is 14.6 Å². The Hall–Kier alpha value is -1.91. The SMILES string of the molecule is O=C(O)CC1(CC(=O)NCc2cccnc2)CCCCC1. The second-order valence-electron chi connectivity index (χ2n) is 5.95. The molecule has 1 aliphatic rings. The lowest BCUT2D eigenvalue weighted by molar-refractivity contribution is -0.141. The summed E-state index contributed by atoms with van der Waals surface area (Å²) in [7, 11) is 0. The third-order valence-corrected chi connectivity index (χ3v) is 4.19. The number of rotatable bonds is 6. The number of pyridine rings is 1. The van der Waals surface area contributed by atoms with E-state index in [1.165, 1.54) is 0 Å². The summed E-state index contributed by atoms with van der Waals surface area (Å²) >= 11 is 0. The van der Waals surface area contributed by atoms with Crippen molar-refractivity contribution in [2.75, 3.05) is 0 Å². The van der Waals surface area contributed by atoms with Gasteiger partial charge < -0.3 is 10.4 Å². The quantitative estimate of drug-likeness (QED) is 0.843. The van der Waals surface area contributed by atoms with E-state index in [-0.39, 0.29) is 17.7 Å². The number of nitrogens with zero attached hydrogens (tertiary/aromatic N) is 1. The third-order valence-electron chi connectivity index (χ3n) is 4.19. The van der Waals surface area contributed by atoms with Crippen molar-refractivity contribution in [2.45, 2.75) is 51.5 Å². The second-order valence-corrected chi connectivity index (χ2v) is 5.95. The Morgan fingerprint density at radius 1 is 1.24 bits per heavy atom. The van der Waals surface area contributed by atoms with Gasteiger partial charge in [0.2, 0.25) is 5.91 Å². The van der Waals surface area contributed by atoms with Gasteiger partial charge in [-0.15, -0.1) is 0 Å². The maximum absolute atomic E-state index is 12.1. The lowest BCUT2D eigenvalue weighted by Gasteiger charge is -2.35. The van der Waals surface area contributed by atoms with E-state index in [1.807, 2.05) is 12.1 Å². The molecule has 1 saturated carbocycles. The summed E-state index contributed by atoms with van der Waals surface area (Å²) < 4.78 is 0. The first kappa shape index (κ1) is 15.5. The van der Waals surface area contributed by atoms with Gasteiger partial charge in [-0.25, -0.2) is 0 Å². The summed E-state index contributed by atoms with van der Waals surface area (Å²) in [6.07, 6.45) is 8.64. The Balaban J connectivity index is 1.90.